The van der Waals surface area contributed by atoms with Crippen LogP contribution >= 0.6 is 0 Å². The Morgan fingerprint density at radius 2 is 1.95 bits per heavy atom. The minimum absolute atomic E-state index is 0.101. The lowest BCUT2D eigenvalue weighted by Crippen LogP contribution is -2.22. The molecule has 1 saturated heterocycles. The van der Waals surface area contributed by atoms with Crippen LogP contribution in [-0.2, 0) is 4.74 Å². The Morgan fingerprint density at radius 1 is 1.15 bits per heavy atom. The molecule has 3 heteroatoms. The lowest BCUT2D eigenvalue weighted by Gasteiger charge is -2.19. The summed E-state index contributed by atoms with van der Waals surface area (Å²) >= 11 is 0. The van der Waals surface area contributed by atoms with Gasteiger partial charge in [-0.25, -0.2) is 0 Å². The molecule has 2 aromatic rings. The van der Waals surface area contributed by atoms with Gasteiger partial charge in [0, 0.05) is 24.9 Å². The van der Waals surface area contributed by atoms with Crippen molar-refractivity contribution in [2.24, 2.45) is 0 Å². The fourth-order valence-corrected chi connectivity index (χ4v) is 2.99. The SMILES string of the molecule is CNC[C@@H]1C[C@H](c2ccccc2)[C@@H](c2cccnc2)O1. The Morgan fingerprint density at radius 3 is 2.65 bits per heavy atom. The van der Waals surface area contributed by atoms with Crippen LogP contribution in [0.5, 0.6) is 0 Å². The van der Waals surface area contributed by atoms with Crippen molar-refractivity contribution in [1.29, 1.82) is 0 Å². The molecule has 1 fully saturated rings. The summed E-state index contributed by atoms with van der Waals surface area (Å²) in [5, 5.41) is 3.21. The lowest BCUT2D eigenvalue weighted by molar-refractivity contribution is 0.0418. The van der Waals surface area contributed by atoms with Crippen molar-refractivity contribution in [3.8, 4) is 0 Å². The molecule has 1 aromatic carbocycles. The number of nitrogens with zero attached hydrogens (tertiary/aromatic N) is 1. The van der Waals surface area contributed by atoms with Crippen LogP contribution in [0.3, 0.4) is 0 Å². The van der Waals surface area contributed by atoms with E-state index in [2.05, 4.69) is 46.7 Å². The predicted molar refractivity (Wildman–Crippen MR) is 79.6 cm³/mol. The summed E-state index contributed by atoms with van der Waals surface area (Å²) in [7, 11) is 1.97. The molecule has 1 N–H and O–H groups in total. The number of hydrogen-bond acceptors (Lipinski definition) is 3. The monoisotopic (exact) mass is 268 g/mol. The second kappa shape index (κ2) is 6.16. The van der Waals surface area contributed by atoms with Crippen molar-refractivity contribution in [2.75, 3.05) is 13.6 Å². The standard InChI is InChI=1S/C17H20N2O/c1-18-12-15-10-16(13-6-3-2-4-7-13)17(20-15)14-8-5-9-19-11-14/h2-9,11,15-18H,10,12H2,1H3/t15-,16+,17+/m0/s1. The summed E-state index contributed by atoms with van der Waals surface area (Å²) in [4.78, 5) is 4.23. The molecule has 104 valence electrons. The van der Waals surface area contributed by atoms with Gasteiger partial charge in [-0.05, 0) is 30.7 Å². The molecular weight excluding hydrogens is 248 g/mol. The van der Waals surface area contributed by atoms with Crippen LogP contribution in [0.25, 0.3) is 0 Å². The highest BCUT2D eigenvalue weighted by Crippen LogP contribution is 2.44. The fourth-order valence-electron chi connectivity index (χ4n) is 2.99. The zero-order valence-electron chi connectivity index (χ0n) is 11.7. The van der Waals surface area contributed by atoms with E-state index in [0.717, 1.165) is 13.0 Å². The Hall–Kier alpha value is -1.71. The van der Waals surface area contributed by atoms with Gasteiger partial charge in [-0.2, -0.15) is 0 Å². The summed E-state index contributed by atoms with van der Waals surface area (Å²) in [5.41, 5.74) is 2.51. The number of pyridine rings is 1. The molecule has 3 rings (SSSR count). The van der Waals surface area contributed by atoms with Gasteiger partial charge in [0.05, 0.1) is 12.2 Å². The number of ether oxygens (including phenoxy) is 1. The highest BCUT2D eigenvalue weighted by molar-refractivity contribution is 5.27. The molecule has 1 aliphatic heterocycles. The molecule has 0 aliphatic carbocycles. The number of aromatic nitrogens is 1. The van der Waals surface area contributed by atoms with E-state index in [-0.39, 0.29) is 12.2 Å². The van der Waals surface area contributed by atoms with E-state index in [9.17, 15) is 0 Å². The van der Waals surface area contributed by atoms with E-state index >= 15 is 0 Å². The molecule has 0 unspecified atom stereocenters. The zero-order valence-corrected chi connectivity index (χ0v) is 11.7. The van der Waals surface area contributed by atoms with Crippen LogP contribution in [0.1, 0.15) is 29.6 Å². The molecule has 1 aliphatic rings. The summed E-state index contributed by atoms with van der Waals surface area (Å²) in [6.45, 7) is 0.889. The van der Waals surface area contributed by atoms with Gasteiger partial charge >= 0.3 is 0 Å². The van der Waals surface area contributed by atoms with Crippen molar-refractivity contribution in [3.63, 3.8) is 0 Å². The molecule has 0 spiro atoms. The topological polar surface area (TPSA) is 34.2 Å². The maximum absolute atomic E-state index is 6.25. The van der Waals surface area contributed by atoms with E-state index in [1.54, 1.807) is 6.20 Å². The van der Waals surface area contributed by atoms with Crippen LogP contribution in [0.4, 0.5) is 0 Å². The third-order valence-corrected chi connectivity index (χ3v) is 3.89. The van der Waals surface area contributed by atoms with Crippen LogP contribution in [-0.4, -0.2) is 24.7 Å². The predicted octanol–water partition coefficient (Wildman–Crippen LogP) is 2.91. The molecule has 0 amide bonds. The van der Waals surface area contributed by atoms with Crippen molar-refractivity contribution >= 4 is 0 Å². The number of likely N-dealkylation sites (N-methyl/N-ethyl adjacent to an activating group) is 1. The summed E-state index contributed by atoms with van der Waals surface area (Å²) in [5.74, 6) is 0.402. The van der Waals surface area contributed by atoms with E-state index < -0.39 is 0 Å². The first-order valence-corrected chi connectivity index (χ1v) is 7.13. The largest absolute Gasteiger partial charge is 0.368 e. The van der Waals surface area contributed by atoms with Gasteiger partial charge in [-0.3, -0.25) is 4.98 Å². The van der Waals surface area contributed by atoms with Crippen molar-refractivity contribution < 1.29 is 4.74 Å². The van der Waals surface area contributed by atoms with Gasteiger partial charge in [0.2, 0.25) is 0 Å². The molecule has 0 radical (unpaired) electrons. The minimum atomic E-state index is 0.101. The highest BCUT2D eigenvalue weighted by Gasteiger charge is 2.36. The van der Waals surface area contributed by atoms with Gasteiger partial charge in [-0.1, -0.05) is 36.4 Å². The molecule has 3 nitrogen and oxygen atoms in total. The smallest absolute Gasteiger partial charge is 0.0913 e. The Bertz CT molecular complexity index is 482. The molecule has 0 saturated carbocycles. The van der Waals surface area contributed by atoms with Crippen LogP contribution in [0.15, 0.2) is 54.9 Å². The zero-order chi connectivity index (χ0) is 13.8. The summed E-state index contributed by atoms with van der Waals surface area (Å²) < 4.78 is 6.25. The average Bonchev–Trinajstić information content (AvgIpc) is 2.93. The molecule has 20 heavy (non-hydrogen) atoms. The highest BCUT2D eigenvalue weighted by atomic mass is 16.5. The number of nitrogens with one attached hydrogen (secondary N) is 1. The van der Waals surface area contributed by atoms with Crippen molar-refractivity contribution in [3.05, 3.63) is 66.0 Å². The first-order chi connectivity index (χ1) is 9.88. The summed E-state index contributed by atoms with van der Waals surface area (Å²) in [6, 6.07) is 14.7. The van der Waals surface area contributed by atoms with Crippen LogP contribution < -0.4 is 5.32 Å². The van der Waals surface area contributed by atoms with Gasteiger partial charge < -0.3 is 10.1 Å². The quantitative estimate of drug-likeness (QED) is 0.925. The van der Waals surface area contributed by atoms with E-state index in [4.69, 9.17) is 4.74 Å². The number of benzene rings is 1. The second-order valence-electron chi connectivity index (χ2n) is 5.28. The Labute approximate surface area is 120 Å². The second-order valence-corrected chi connectivity index (χ2v) is 5.28. The molecule has 3 atom stereocenters. The number of hydrogen-bond donors (Lipinski definition) is 1. The van der Waals surface area contributed by atoms with Crippen molar-refractivity contribution in [1.82, 2.24) is 10.3 Å². The third kappa shape index (κ3) is 2.74. The lowest BCUT2D eigenvalue weighted by atomic mass is 9.88. The van der Waals surface area contributed by atoms with Crippen LogP contribution in [0.2, 0.25) is 0 Å². The first kappa shape index (κ1) is 13.3. The average molecular weight is 268 g/mol. The maximum atomic E-state index is 6.25. The normalized spacial score (nSPS) is 25.8. The van der Waals surface area contributed by atoms with E-state index in [1.807, 2.05) is 19.3 Å². The van der Waals surface area contributed by atoms with Gasteiger partial charge in [-0.15, -0.1) is 0 Å². The molecule has 2 heterocycles. The minimum Gasteiger partial charge on any atom is -0.368 e. The third-order valence-electron chi connectivity index (χ3n) is 3.89. The summed E-state index contributed by atoms with van der Waals surface area (Å²) in [6.07, 6.45) is 5.13. The maximum Gasteiger partial charge on any atom is 0.0913 e. The number of rotatable bonds is 4. The first-order valence-electron chi connectivity index (χ1n) is 7.13. The Kier molecular flexibility index (Phi) is 4.09. The van der Waals surface area contributed by atoms with Crippen LogP contribution in [0, 0.1) is 0 Å². The van der Waals surface area contributed by atoms with Gasteiger partial charge in [0.25, 0.3) is 0 Å². The molecule has 1 aromatic heterocycles. The molecular formula is C17H20N2O. The van der Waals surface area contributed by atoms with E-state index in [0.29, 0.717) is 5.92 Å². The van der Waals surface area contributed by atoms with Crippen molar-refractivity contribution in [2.45, 2.75) is 24.5 Å². The Balaban J connectivity index is 1.89. The molecule has 0 bridgehead atoms. The van der Waals surface area contributed by atoms with E-state index in [1.165, 1.54) is 11.1 Å². The van der Waals surface area contributed by atoms with Gasteiger partial charge in [0.1, 0.15) is 0 Å². The van der Waals surface area contributed by atoms with Gasteiger partial charge in [0.15, 0.2) is 0 Å². The fraction of sp³-hybridized carbons (Fsp3) is 0.353.